The molecule has 1 aliphatic heterocycles. The number of nitrogens with one attached hydrogen (secondary N) is 2. The number of fused-ring (bicyclic) bond motifs is 1. The Kier molecular flexibility index (Phi) is 3.75. The number of aromatic nitrogens is 2. The molecule has 21 heavy (non-hydrogen) atoms. The lowest BCUT2D eigenvalue weighted by Crippen LogP contribution is -2.43. The van der Waals surface area contributed by atoms with Crippen molar-refractivity contribution in [3.8, 4) is 0 Å². The number of likely N-dealkylation sites (tertiary alicyclic amines) is 1. The van der Waals surface area contributed by atoms with Gasteiger partial charge in [-0.05, 0) is 25.0 Å². The van der Waals surface area contributed by atoms with Crippen LogP contribution in [0.2, 0.25) is 0 Å². The number of halogens is 3. The van der Waals surface area contributed by atoms with Gasteiger partial charge in [0.25, 0.3) is 0 Å². The van der Waals surface area contributed by atoms with Gasteiger partial charge in [-0.25, -0.2) is 0 Å². The molecule has 1 aromatic carbocycles. The van der Waals surface area contributed by atoms with Crippen LogP contribution in [0.1, 0.15) is 12.8 Å². The Morgan fingerprint density at radius 3 is 2.76 bits per heavy atom. The SMILES string of the molecule is FC(F)(F)CN1CCC(Nc2cccc3[nH]ncc23)CC1. The Morgan fingerprint density at radius 2 is 2.05 bits per heavy atom. The summed E-state index contributed by atoms with van der Waals surface area (Å²) in [6, 6.07) is 6.05. The van der Waals surface area contributed by atoms with Crippen LogP contribution in [0.15, 0.2) is 24.4 Å². The first-order chi connectivity index (χ1) is 10.0. The lowest BCUT2D eigenvalue weighted by Gasteiger charge is -2.33. The molecule has 0 saturated carbocycles. The fourth-order valence-electron chi connectivity index (χ4n) is 2.80. The molecule has 1 saturated heterocycles. The molecule has 2 N–H and O–H groups in total. The summed E-state index contributed by atoms with van der Waals surface area (Å²) in [5, 5.41) is 11.4. The van der Waals surface area contributed by atoms with Gasteiger partial charge in [0.1, 0.15) is 0 Å². The molecule has 2 aromatic rings. The highest BCUT2D eigenvalue weighted by Crippen LogP contribution is 2.25. The van der Waals surface area contributed by atoms with Crippen LogP contribution >= 0.6 is 0 Å². The minimum atomic E-state index is -4.11. The monoisotopic (exact) mass is 298 g/mol. The van der Waals surface area contributed by atoms with Crippen LogP contribution in [-0.2, 0) is 0 Å². The molecule has 0 spiro atoms. The summed E-state index contributed by atoms with van der Waals surface area (Å²) < 4.78 is 37.1. The normalized spacial score (nSPS) is 18.2. The molecule has 0 unspecified atom stereocenters. The molecule has 4 nitrogen and oxygen atoms in total. The van der Waals surface area contributed by atoms with Crippen LogP contribution in [0.4, 0.5) is 18.9 Å². The molecule has 2 heterocycles. The largest absolute Gasteiger partial charge is 0.401 e. The fourth-order valence-corrected chi connectivity index (χ4v) is 2.80. The number of benzene rings is 1. The van der Waals surface area contributed by atoms with E-state index in [0.717, 1.165) is 16.6 Å². The van der Waals surface area contributed by atoms with E-state index in [-0.39, 0.29) is 6.04 Å². The topological polar surface area (TPSA) is 44.0 Å². The quantitative estimate of drug-likeness (QED) is 0.915. The number of aromatic amines is 1. The standard InChI is InChI=1S/C14H17F3N4/c15-14(16,17)9-21-6-4-10(5-7-21)19-12-2-1-3-13-11(12)8-18-20-13/h1-3,8,10,19H,4-7,9H2,(H,18,20). The van der Waals surface area contributed by atoms with Gasteiger partial charge in [-0.2, -0.15) is 18.3 Å². The molecule has 3 rings (SSSR count). The fraction of sp³-hybridized carbons (Fsp3) is 0.500. The zero-order valence-corrected chi connectivity index (χ0v) is 11.5. The summed E-state index contributed by atoms with van der Waals surface area (Å²) in [6.45, 7) is 0.133. The highest BCUT2D eigenvalue weighted by Gasteiger charge is 2.32. The van der Waals surface area contributed by atoms with Crippen molar-refractivity contribution >= 4 is 16.6 Å². The summed E-state index contributed by atoms with van der Waals surface area (Å²) in [5.74, 6) is 0. The second kappa shape index (κ2) is 5.55. The van der Waals surface area contributed by atoms with E-state index < -0.39 is 12.7 Å². The third-order valence-electron chi connectivity index (χ3n) is 3.83. The van der Waals surface area contributed by atoms with E-state index in [1.54, 1.807) is 6.20 Å². The van der Waals surface area contributed by atoms with Crippen molar-refractivity contribution < 1.29 is 13.2 Å². The molecule has 0 bridgehead atoms. The molecule has 1 aliphatic rings. The molecule has 1 aromatic heterocycles. The first-order valence-electron chi connectivity index (χ1n) is 6.99. The van der Waals surface area contributed by atoms with Gasteiger partial charge in [0.15, 0.2) is 0 Å². The maximum atomic E-state index is 12.4. The van der Waals surface area contributed by atoms with E-state index in [1.807, 2.05) is 18.2 Å². The molecular formula is C14H17F3N4. The molecule has 7 heteroatoms. The van der Waals surface area contributed by atoms with E-state index in [0.29, 0.717) is 25.9 Å². The second-order valence-electron chi connectivity index (χ2n) is 5.45. The van der Waals surface area contributed by atoms with Crippen LogP contribution < -0.4 is 5.32 Å². The summed E-state index contributed by atoms with van der Waals surface area (Å²) in [6.07, 6.45) is -0.923. The number of piperidine rings is 1. The average molecular weight is 298 g/mol. The van der Waals surface area contributed by atoms with Gasteiger partial charge in [0, 0.05) is 30.2 Å². The lowest BCUT2D eigenvalue weighted by molar-refractivity contribution is -0.147. The minimum Gasteiger partial charge on any atom is -0.382 e. The van der Waals surface area contributed by atoms with Gasteiger partial charge in [-0.15, -0.1) is 0 Å². The van der Waals surface area contributed by atoms with Crippen LogP contribution in [-0.4, -0.2) is 46.9 Å². The van der Waals surface area contributed by atoms with Gasteiger partial charge in [-0.1, -0.05) is 6.07 Å². The van der Waals surface area contributed by atoms with Crippen molar-refractivity contribution in [2.45, 2.75) is 25.1 Å². The minimum absolute atomic E-state index is 0.204. The molecular weight excluding hydrogens is 281 g/mol. The molecule has 0 atom stereocenters. The molecule has 1 fully saturated rings. The molecule has 0 amide bonds. The lowest BCUT2D eigenvalue weighted by atomic mass is 10.0. The smallest absolute Gasteiger partial charge is 0.382 e. The van der Waals surface area contributed by atoms with Crippen LogP contribution in [0.5, 0.6) is 0 Å². The number of rotatable bonds is 3. The Bertz CT molecular complexity index is 600. The predicted molar refractivity (Wildman–Crippen MR) is 75.2 cm³/mol. The van der Waals surface area contributed by atoms with E-state index in [9.17, 15) is 13.2 Å². The van der Waals surface area contributed by atoms with E-state index in [2.05, 4.69) is 15.5 Å². The predicted octanol–water partition coefficient (Wildman–Crippen LogP) is 3.00. The second-order valence-corrected chi connectivity index (χ2v) is 5.45. The number of hydrogen-bond acceptors (Lipinski definition) is 3. The Balaban J connectivity index is 1.59. The Morgan fingerprint density at radius 1 is 1.29 bits per heavy atom. The van der Waals surface area contributed by atoms with Gasteiger partial charge < -0.3 is 5.32 Å². The van der Waals surface area contributed by atoms with Crippen molar-refractivity contribution in [1.82, 2.24) is 15.1 Å². The van der Waals surface area contributed by atoms with E-state index in [1.165, 1.54) is 4.90 Å². The average Bonchev–Trinajstić information content (AvgIpc) is 2.89. The van der Waals surface area contributed by atoms with Crippen molar-refractivity contribution in [3.63, 3.8) is 0 Å². The molecule has 0 aliphatic carbocycles. The molecule has 114 valence electrons. The van der Waals surface area contributed by atoms with Crippen molar-refractivity contribution in [3.05, 3.63) is 24.4 Å². The summed E-state index contributed by atoms with van der Waals surface area (Å²) in [7, 11) is 0. The third-order valence-corrected chi connectivity index (χ3v) is 3.83. The van der Waals surface area contributed by atoms with Gasteiger partial charge in [-0.3, -0.25) is 10.00 Å². The number of nitrogens with zero attached hydrogens (tertiary/aromatic N) is 2. The van der Waals surface area contributed by atoms with Gasteiger partial charge in [0.2, 0.25) is 0 Å². The van der Waals surface area contributed by atoms with E-state index >= 15 is 0 Å². The summed E-state index contributed by atoms with van der Waals surface area (Å²) >= 11 is 0. The number of anilines is 1. The Hall–Kier alpha value is -1.76. The zero-order valence-electron chi connectivity index (χ0n) is 11.5. The number of H-pyrrole nitrogens is 1. The summed E-state index contributed by atoms with van der Waals surface area (Å²) in [5.41, 5.74) is 1.94. The summed E-state index contributed by atoms with van der Waals surface area (Å²) in [4.78, 5) is 1.47. The highest BCUT2D eigenvalue weighted by molar-refractivity contribution is 5.90. The zero-order chi connectivity index (χ0) is 14.9. The highest BCUT2D eigenvalue weighted by atomic mass is 19.4. The van der Waals surface area contributed by atoms with Gasteiger partial charge in [0.05, 0.1) is 18.3 Å². The first-order valence-corrected chi connectivity index (χ1v) is 6.99. The Labute approximate surface area is 120 Å². The first kappa shape index (κ1) is 14.2. The van der Waals surface area contributed by atoms with Crippen molar-refractivity contribution in [1.29, 1.82) is 0 Å². The van der Waals surface area contributed by atoms with Crippen LogP contribution in [0, 0.1) is 0 Å². The van der Waals surface area contributed by atoms with Gasteiger partial charge >= 0.3 is 6.18 Å². The van der Waals surface area contributed by atoms with Crippen LogP contribution in [0.25, 0.3) is 10.9 Å². The molecule has 0 radical (unpaired) electrons. The van der Waals surface area contributed by atoms with Crippen molar-refractivity contribution in [2.24, 2.45) is 0 Å². The van der Waals surface area contributed by atoms with E-state index in [4.69, 9.17) is 0 Å². The third kappa shape index (κ3) is 3.47. The van der Waals surface area contributed by atoms with Crippen molar-refractivity contribution in [2.75, 3.05) is 25.0 Å². The number of alkyl halides is 3. The van der Waals surface area contributed by atoms with Crippen LogP contribution in [0.3, 0.4) is 0 Å². The number of hydrogen-bond donors (Lipinski definition) is 2. The maximum Gasteiger partial charge on any atom is 0.401 e. The maximum absolute atomic E-state index is 12.4.